The summed E-state index contributed by atoms with van der Waals surface area (Å²) in [5, 5.41) is 0.584. The molecule has 2 aromatic rings. The molecule has 5 nitrogen and oxygen atoms in total. The summed E-state index contributed by atoms with van der Waals surface area (Å²) in [6.45, 7) is 7.47. The summed E-state index contributed by atoms with van der Waals surface area (Å²) in [6.07, 6.45) is 2.16. The lowest BCUT2D eigenvalue weighted by molar-refractivity contribution is 0.0129. The van der Waals surface area contributed by atoms with E-state index >= 15 is 0 Å². The number of ether oxygens (including phenoxy) is 2. The van der Waals surface area contributed by atoms with Crippen molar-refractivity contribution in [3.63, 3.8) is 0 Å². The van der Waals surface area contributed by atoms with Crippen LogP contribution >= 0.6 is 11.6 Å². The maximum Gasteiger partial charge on any atom is 0.410 e. The summed E-state index contributed by atoms with van der Waals surface area (Å²) < 4.78 is 11.5. The zero-order valence-corrected chi connectivity index (χ0v) is 17.4. The van der Waals surface area contributed by atoms with Crippen LogP contribution < -0.4 is 4.74 Å². The van der Waals surface area contributed by atoms with Crippen LogP contribution in [0.2, 0.25) is 5.02 Å². The number of carbonyl (C=O) groups is 1. The number of aromatic nitrogens is 1. The number of pyridine rings is 1. The van der Waals surface area contributed by atoms with E-state index in [2.05, 4.69) is 17.1 Å². The van der Waals surface area contributed by atoms with Crippen molar-refractivity contribution < 1.29 is 14.3 Å². The van der Waals surface area contributed by atoms with Crippen LogP contribution in [0.25, 0.3) is 0 Å². The maximum atomic E-state index is 12.6. The molecule has 1 aliphatic heterocycles. The number of hydrogen-bond acceptors (Lipinski definition) is 4. The van der Waals surface area contributed by atoms with Gasteiger partial charge < -0.3 is 14.4 Å². The molecule has 2 heterocycles. The largest absolute Gasteiger partial charge is 0.477 e. The zero-order valence-electron chi connectivity index (χ0n) is 16.6. The van der Waals surface area contributed by atoms with Gasteiger partial charge in [-0.25, -0.2) is 9.78 Å². The minimum absolute atomic E-state index is 0.176. The molecule has 3 rings (SSSR count). The molecule has 1 aromatic heterocycles. The lowest BCUT2D eigenvalue weighted by atomic mass is 9.81. The molecule has 1 aromatic carbocycles. The molecule has 2 atom stereocenters. The molecule has 1 aliphatic rings. The van der Waals surface area contributed by atoms with Gasteiger partial charge in [-0.05, 0) is 38.8 Å². The number of halogens is 1. The van der Waals surface area contributed by atoms with Crippen LogP contribution in [-0.2, 0) is 4.74 Å². The lowest BCUT2D eigenvalue weighted by Crippen LogP contribution is -2.46. The Balaban J connectivity index is 1.71. The molecule has 1 saturated heterocycles. The van der Waals surface area contributed by atoms with E-state index in [4.69, 9.17) is 21.1 Å². The molecule has 1 amide bonds. The average Bonchev–Trinajstić information content (AvgIpc) is 2.67. The van der Waals surface area contributed by atoms with Gasteiger partial charge in [-0.1, -0.05) is 41.9 Å². The second kappa shape index (κ2) is 8.82. The third-order valence-electron chi connectivity index (χ3n) is 4.78. The Bertz CT molecular complexity index is 775. The highest BCUT2D eigenvalue weighted by Gasteiger charge is 2.34. The molecular weight excluding hydrogens is 376 g/mol. The van der Waals surface area contributed by atoms with E-state index in [0.29, 0.717) is 30.6 Å². The van der Waals surface area contributed by atoms with E-state index in [-0.39, 0.29) is 17.9 Å². The van der Waals surface area contributed by atoms with E-state index in [9.17, 15) is 4.79 Å². The van der Waals surface area contributed by atoms with E-state index in [0.717, 1.165) is 6.42 Å². The van der Waals surface area contributed by atoms with Crippen molar-refractivity contribution in [2.75, 3.05) is 19.7 Å². The highest BCUT2D eigenvalue weighted by Crippen LogP contribution is 2.33. The Morgan fingerprint density at radius 2 is 1.96 bits per heavy atom. The number of benzene rings is 1. The normalized spacial score (nSPS) is 19.9. The SMILES string of the molecule is CC(C)(C)OC(=O)N1CCC(COc2ccc(Cl)cn2)C(c2ccccc2)C1. The minimum atomic E-state index is -0.500. The number of piperidine rings is 1. The van der Waals surface area contributed by atoms with Gasteiger partial charge in [0, 0.05) is 37.2 Å². The van der Waals surface area contributed by atoms with Crippen LogP contribution in [0.4, 0.5) is 4.79 Å². The monoisotopic (exact) mass is 402 g/mol. The van der Waals surface area contributed by atoms with Crippen molar-refractivity contribution in [1.82, 2.24) is 9.88 Å². The molecule has 28 heavy (non-hydrogen) atoms. The number of hydrogen-bond donors (Lipinski definition) is 0. The first-order valence-electron chi connectivity index (χ1n) is 9.59. The average molecular weight is 403 g/mol. The maximum absolute atomic E-state index is 12.6. The van der Waals surface area contributed by atoms with E-state index < -0.39 is 5.60 Å². The first kappa shape index (κ1) is 20.5. The molecular formula is C22H27ClN2O3. The summed E-state index contributed by atoms with van der Waals surface area (Å²) in [5.41, 5.74) is 0.702. The lowest BCUT2D eigenvalue weighted by Gasteiger charge is -2.39. The molecule has 2 unspecified atom stereocenters. The molecule has 6 heteroatoms. The number of likely N-dealkylation sites (tertiary alicyclic amines) is 1. The number of nitrogens with zero attached hydrogens (tertiary/aromatic N) is 2. The molecule has 1 fully saturated rings. The van der Waals surface area contributed by atoms with Gasteiger partial charge in [0.05, 0.1) is 11.6 Å². The van der Waals surface area contributed by atoms with Gasteiger partial charge in [0.2, 0.25) is 5.88 Å². The van der Waals surface area contributed by atoms with Crippen LogP contribution in [0.3, 0.4) is 0 Å². The Kier molecular flexibility index (Phi) is 6.45. The van der Waals surface area contributed by atoms with Crippen LogP contribution in [0.1, 0.15) is 38.7 Å². The van der Waals surface area contributed by atoms with Gasteiger partial charge in [-0.15, -0.1) is 0 Å². The minimum Gasteiger partial charge on any atom is -0.477 e. The Morgan fingerprint density at radius 3 is 2.61 bits per heavy atom. The van der Waals surface area contributed by atoms with Crippen molar-refractivity contribution >= 4 is 17.7 Å². The van der Waals surface area contributed by atoms with Crippen LogP contribution in [0.15, 0.2) is 48.7 Å². The number of rotatable bonds is 4. The predicted octanol–water partition coefficient (Wildman–Crippen LogP) is 5.15. The standard InChI is InChI=1S/C22H27ClN2O3/c1-22(2,3)28-21(26)25-12-11-17(15-27-20-10-9-18(23)13-24-20)19(14-25)16-7-5-4-6-8-16/h4-10,13,17,19H,11-12,14-15H2,1-3H3. The van der Waals surface area contributed by atoms with Crippen LogP contribution in [0, 0.1) is 5.92 Å². The quantitative estimate of drug-likeness (QED) is 0.709. The van der Waals surface area contributed by atoms with Crippen molar-refractivity contribution in [2.45, 2.75) is 38.7 Å². The Labute approximate surface area is 171 Å². The zero-order chi connectivity index (χ0) is 20.1. The van der Waals surface area contributed by atoms with E-state index in [1.165, 1.54) is 5.56 Å². The number of amides is 1. The molecule has 0 bridgehead atoms. The molecule has 0 spiro atoms. The topological polar surface area (TPSA) is 51.7 Å². The Hall–Kier alpha value is -2.27. The highest BCUT2D eigenvalue weighted by atomic mass is 35.5. The van der Waals surface area contributed by atoms with Crippen molar-refractivity contribution in [2.24, 2.45) is 5.92 Å². The summed E-state index contributed by atoms with van der Waals surface area (Å²) >= 11 is 5.89. The summed E-state index contributed by atoms with van der Waals surface area (Å²) in [4.78, 5) is 18.6. The van der Waals surface area contributed by atoms with Gasteiger partial charge in [-0.2, -0.15) is 0 Å². The Morgan fingerprint density at radius 1 is 1.21 bits per heavy atom. The second-order valence-corrected chi connectivity index (χ2v) is 8.55. The fourth-order valence-corrected chi connectivity index (χ4v) is 3.52. The first-order chi connectivity index (χ1) is 13.3. The molecule has 0 N–H and O–H groups in total. The van der Waals surface area contributed by atoms with Crippen LogP contribution in [-0.4, -0.2) is 41.3 Å². The van der Waals surface area contributed by atoms with Gasteiger partial charge in [-0.3, -0.25) is 0 Å². The number of carbonyl (C=O) groups excluding carboxylic acids is 1. The van der Waals surface area contributed by atoms with Gasteiger partial charge >= 0.3 is 6.09 Å². The highest BCUT2D eigenvalue weighted by molar-refractivity contribution is 6.30. The fourth-order valence-electron chi connectivity index (χ4n) is 3.41. The molecule has 0 aliphatic carbocycles. The smallest absolute Gasteiger partial charge is 0.410 e. The summed E-state index contributed by atoms with van der Waals surface area (Å²) in [6, 6.07) is 13.8. The van der Waals surface area contributed by atoms with Crippen molar-refractivity contribution in [1.29, 1.82) is 0 Å². The fraction of sp³-hybridized carbons (Fsp3) is 0.455. The van der Waals surface area contributed by atoms with Gasteiger partial charge in [0.1, 0.15) is 5.60 Å². The molecule has 0 radical (unpaired) electrons. The molecule has 0 saturated carbocycles. The van der Waals surface area contributed by atoms with Gasteiger partial charge in [0.15, 0.2) is 0 Å². The van der Waals surface area contributed by atoms with E-state index in [1.807, 2.05) is 39.0 Å². The summed E-state index contributed by atoms with van der Waals surface area (Å²) in [5.74, 6) is 1.01. The van der Waals surface area contributed by atoms with Crippen molar-refractivity contribution in [3.05, 3.63) is 59.2 Å². The van der Waals surface area contributed by atoms with Crippen LogP contribution in [0.5, 0.6) is 5.88 Å². The second-order valence-electron chi connectivity index (χ2n) is 8.12. The summed E-state index contributed by atoms with van der Waals surface area (Å²) in [7, 11) is 0. The van der Waals surface area contributed by atoms with E-state index in [1.54, 1.807) is 23.2 Å². The third kappa shape index (κ3) is 5.61. The third-order valence-corrected chi connectivity index (χ3v) is 5.00. The van der Waals surface area contributed by atoms with Gasteiger partial charge in [0.25, 0.3) is 0 Å². The predicted molar refractivity (Wildman–Crippen MR) is 110 cm³/mol. The first-order valence-corrected chi connectivity index (χ1v) is 9.97. The van der Waals surface area contributed by atoms with Crippen molar-refractivity contribution in [3.8, 4) is 5.88 Å². The molecule has 150 valence electrons.